The molecule has 0 amide bonds. The van der Waals surface area contributed by atoms with Gasteiger partial charge in [-0.15, -0.1) is 0 Å². The van der Waals surface area contributed by atoms with Crippen LogP contribution in [-0.4, -0.2) is 25.5 Å². The number of rotatable bonds is 2. The molecular weight excluding hydrogens is 124 g/mol. The lowest BCUT2D eigenvalue weighted by atomic mass is 10.4. The van der Waals surface area contributed by atoms with Crippen LogP contribution in [0.1, 0.15) is 0 Å². The van der Waals surface area contributed by atoms with Gasteiger partial charge in [-0.2, -0.15) is 13.2 Å². The highest BCUT2D eigenvalue weighted by Crippen LogP contribution is 2.13. The van der Waals surface area contributed by atoms with E-state index < -0.39 is 12.8 Å². The molecule has 0 aromatic rings. The molecule has 0 spiro atoms. The summed E-state index contributed by atoms with van der Waals surface area (Å²) in [7, 11) is 0.00743. The van der Waals surface area contributed by atoms with Gasteiger partial charge in [0.2, 0.25) is 0 Å². The Balaban J connectivity index is 3.11. The molecule has 0 aliphatic carbocycles. The largest absolute Gasteiger partial charge is 0.485 e. The monoisotopic (exact) mass is 127 g/mol. The molecule has 1 N–H and O–H groups in total. The molecule has 0 unspecified atom stereocenters. The third-order valence-electron chi connectivity index (χ3n) is 0.322. The Labute approximate surface area is 44.6 Å². The van der Waals surface area contributed by atoms with Crippen molar-refractivity contribution in [3.8, 4) is 0 Å². The van der Waals surface area contributed by atoms with Crippen molar-refractivity contribution >= 4 is 7.69 Å². The first-order chi connectivity index (χ1) is 3.56. The number of hydrogen-bond donors (Lipinski definition) is 1. The van der Waals surface area contributed by atoms with Gasteiger partial charge in [0.25, 0.3) is 0 Å². The second kappa shape index (κ2) is 2.93. The predicted octanol–water partition coefficient (Wildman–Crippen LogP) is 0.0918. The fourth-order valence-electron chi connectivity index (χ4n) is 0.132. The van der Waals surface area contributed by atoms with Crippen LogP contribution in [0.2, 0.25) is 0 Å². The van der Waals surface area contributed by atoms with Crippen LogP contribution in [0.4, 0.5) is 13.2 Å². The van der Waals surface area contributed by atoms with Gasteiger partial charge in [-0.1, -0.05) is 0 Å². The molecule has 8 heavy (non-hydrogen) atoms. The lowest BCUT2D eigenvalue weighted by Crippen LogP contribution is -2.18. The van der Waals surface area contributed by atoms with Gasteiger partial charge in [-0.05, 0) is 0 Å². The maximum atomic E-state index is 11.0. The molecule has 0 bridgehead atoms. The molecule has 0 aromatic heterocycles. The zero-order chi connectivity index (χ0) is 6.62. The molecule has 0 rings (SSSR count). The molecule has 0 saturated carbocycles. The summed E-state index contributed by atoms with van der Waals surface area (Å²) in [5.41, 5.74) is 0. The van der Waals surface area contributed by atoms with Crippen LogP contribution in [-0.2, 0) is 4.65 Å². The molecule has 0 saturated heterocycles. The van der Waals surface area contributed by atoms with Gasteiger partial charge < -0.3 is 9.68 Å². The molecule has 6 heteroatoms. The highest BCUT2D eigenvalue weighted by atomic mass is 19.4. The first-order valence-corrected chi connectivity index (χ1v) is 1.70. The number of alkyl halides is 3. The lowest BCUT2D eigenvalue weighted by molar-refractivity contribution is -0.155. The van der Waals surface area contributed by atoms with Crippen molar-refractivity contribution < 1.29 is 22.8 Å². The Kier molecular flexibility index (Phi) is 2.85. The minimum atomic E-state index is -4.36. The van der Waals surface area contributed by atoms with Gasteiger partial charge in [0.15, 0.2) is 0 Å². The van der Waals surface area contributed by atoms with Crippen molar-refractivity contribution in [3.05, 3.63) is 0 Å². The zero-order valence-electron chi connectivity index (χ0n) is 3.77. The van der Waals surface area contributed by atoms with E-state index in [0.29, 0.717) is 0 Å². The van der Waals surface area contributed by atoms with Gasteiger partial charge in [-0.25, -0.2) is 0 Å². The van der Waals surface area contributed by atoms with Crippen molar-refractivity contribution in [3.63, 3.8) is 0 Å². The SMILES string of the molecule is O[B]OCC(F)(F)F. The molecule has 1 radical (unpaired) electrons. The van der Waals surface area contributed by atoms with E-state index in [2.05, 4.69) is 4.65 Å². The van der Waals surface area contributed by atoms with E-state index >= 15 is 0 Å². The molecule has 0 aliphatic heterocycles. The van der Waals surface area contributed by atoms with E-state index in [-0.39, 0.29) is 7.69 Å². The van der Waals surface area contributed by atoms with Gasteiger partial charge in [0, 0.05) is 0 Å². The van der Waals surface area contributed by atoms with E-state index in [0.717, 1.165) is 0 Å². The average Bonchev–Trinajstić information content (AvgIpc) is 1.59. The van der Waals surface area contributed by atoms with Crippen molar-refractivity contribution in [2.24, 2.45) is 0 Å². The average molecular weight is 127 g/mol. The Hall–Kier alpha value is -0.225. The normalized spacial score (nSPS) is 11.5. The topological polar surface area (TPSA) is 29.5 Å². The molecule has 0 heterocycles. The van der Waals surface area contributed by atoms with Crippen molar-refractivity contribution in [2.45, 2.75) is 6.18 Å². The molecule has 47 valence electrons. The Morgan fingerprint density at radius 1 is 1.50 bits per heavy atom. The summed E-state index contributed by atoms with van der Waals surface area (Å²) >= 11 is 0. The van der Waals surface area contributed by atoms with Gasteiger partial charge in [-0.3, -0.25) is 0 Å². The maximum Gasteiger partial charge on any atom is 0.485 e. The van der Waals surface area contributed by atoms with Gasteiger partial charge in [0.1, 0.15) is 6.61 Å². The minimum Gasteiger partial charge on any atom is -0.429 e. The smallest absolute Gasteiger partial charge is 0.429 e. The van der Waals surface area contributed by atoms with E-state index in [1.165, 1.54) is 0 Å². The first kappa shape index (κ1) is 7.77. The van der Waals surface area contributed by atoms with Crippen molar-refractivity contribution in [1.82, 2.24) is 0 Å². The molecule has 0 aliphatic rings. The fraction of sp³-hybridized carbons (Fsp3) is 1.00. The second-order valence-corrected chi connectivity index (χ2v) is 1.03. The number of hydrogen-bond acceptors (Lipinski definition) is 2. The summed E-state index contributed by atoms with van der Waals surface area (Å²) in [6.45, 7) is -1.44. The van der Waals surface area contributed by atoms with Gasteiger partial charge >= 0.3 is 13.9 Å². The van der Waals surface area contributed by atoms with E-state index in [1.807, 2.05) is 0 Å². The van der Waals surface area contributed by atoms with Crippen LogP contribution in [0.3, 0.4) is 0 Å². The standard InChI is InChI=1S/C2H3BF3O2/c4-2(5,6)1-8-3-7/h7H,1H2. The van der Waals surface area contributed by atoms with Crippen LogP contribution in [0, 0.1) is 0 Å². The lowest BCUT2D eigenvalue weighted by Gasteiger charge is -2.02. The molecule has 0 aromatic carbocycles. The molecule has 0 atom stereocenters. The minimum absolute atomic E-state index is 0.00743. The summed E-state index contributed by atoms with van der Waals surface area (Å²) in [4.78, 5) is 0. The first-order valence-electron chi connectivity index (χ1n) is 1.70. The van der Waals surface area contributed by atoms with Crippen molar-refractivity contribution in [1.29, 1.82) is 0 Å². The van der Waals surface area contributed by atoms with Crippen LogP contribution >= 0.6 is 0 Å². The van der Waals surface area contributed by atoms with E-state index in [1.54, 1.807) is 0 Å². The van der Waals surface area contributed by atoms with Crippen LogP contribution in [0.5, 0.6) is 0 Å². The zero-order valence-corrected chi connectivity index (χ0v) is 3.77. The third kappa shape index (κ3) is 5.77. The summed E-state index contributed by atoms with van der Waals surface area (Å²) < 4.78 is 36.5. The Morgan fingerprint density at radius 3 is 2.12 bits per heavy atom. The predicted molar refractivity (Wildman–Crippen MR) is 20.0 cm³/mol. The summed E-state index contributed by atoms with van der Waals surface area (Å²) in [6, 6.07) is 0. The Bertz CT molecular complexity index is 62.8. The van der Waals surface area contributed by atoms with Crippen LogP contribution in [0.25, 0.3) is 0 Å². The number of halogens is 3. The van der Waals surface area contributed by atoms with Gasteiger partial charge in [0.05, 0.1) is 0 Å². The summed E-state index contributed by atoms with van der Waals surface area (Å²) in [6.07, 6.45) is -4.36. The van der Waals surface area contributed by atoms with E-state index in [9.17, 15) is 13.2 Å². The second-order valence-electron chi connectivity index (χ2n) is 1.03. The third-order valence-corrected chi connectivity index (χ3v) is 0.322. The van der Waals surface area contributed by atoms with Crippen LogP contribution in [0.15, 0.2) is 0 Å². The summed E-state index contributed by atoms with van der Waals surface area (Å²) in [5, 5.41) is 7.58. The maximum absolute atomic E-state index is 11.0. The fourth-order valence-corrected chi connectivity index (χ4v) is 0.132. The molecule has 0 fully saturated rings. The Morgan fingerprint density at radius 2 is 2.00 bits per heavy atom. The quantitative estimate of drug-likeness (QED) is 0.532. The molecule has 2 nitrogen and oxygen atoms in total. The molecular formula is C2H3BF3O2. The summed E-state index contributed by atoms with van der Waals surface area (Å²) in [5.74, 6) is 0. The van der Waals surface area contributed by atoms with Crippen molar-refractivity contribution in [2.75, 3.05) is 6.61 Å². The highest BCUT2D eigenvalue weighted by Gasteiger charge is 2.26. The van der Waals surface area contributed by atoms with E-state index in [4.69, 9.17) is 5.02 Å². The highest BCUT2D eigenvalue weighted by molar-refractivity contribution is 6.15. The van der Waals surface area contributed by atoms with Crippen LogP contribution < -0.4 is 0 Å².